The van der Waals surface area contributed by atoms with Gasteiger partial charge in [-0.15, -0.1) is 5.10 Å². The number of anilines is 1. The summed E-state index contributed by atoms with van der Waals surface area (Å²) in [6.45, 7) is 1.54. The summed E-state index contributed by atoms with van der Waals surface area (Å²) in [5.74, 6) is 0.423. The van der Waals surface area contributed by atoms with Gasteiger partial charge >= 0.3 is 6.03 Å². The maximum atomic E-state index is 12.4. The van der Waals surface area contributed by atoms with Crippen molar-refractivity contribution in [3.05, 3.63) is 54.1 Å². The molecular formula is C17H16N4OS. The Bertz CT molecular complexity index is 833. The van der Waals surface area contributed by atoms with Crippen LogP contribution in [0.15, 0.2) is 48.5 Å². The topological polar surface area (TPSA) is 58.1 Å². The number of fused-ring (bicyclic) bond motifs is 1. The number of amides is 2. The Morgan fingerprint density at radius 1 is 1.22 bits per heavy atom. The molecule has 0 bridgehead atoms. The molecule has 2 aromatic carbocycles. The second-order valence-corrected chi connectivity index (χ2v) is 6.51. The quantitative estimate of drug-likeness (QED) is 0.782. The molecule has 1 unspecified atom stereocenters. The highest BCUT2D eigenvalue weighted by Gasteiger charge is 2.27. The van der Waals surface area contributed by atoms with E-state index in [2.05, 4.69) is 39.2 Å². The summed E-state index contributed by atoms with van der Waals surface area (Å²) >= 11 is 1.35. The Balaban J connectivity index is 1.43. The molecule has 1 fully saturated rings. The molecule has 0 radical (unpaired) electrons. The summed E-state index contributed by atoms with van der Waals surface area (Å²) < 4.78 is 4.93. The normalized spacial score (nSPS) is 17.6. The van der Waals surface area contributed by atoms with E-state index in [1.807, 2.05) is 29.2 Å². The summed E-state index contributed by atoms with van der Waals surface area (Å²) in [6, 6.07) is 16.0. The molecule has 6 heteroatoms. The lowest BCUT2D eigenvalue weighted by Gasteiger charge is -2.17. The van der Waals surface area contributed by atoms with Crippen LogP contribution in [0.4, 0.5) is 10.5 Å². The van der Waals surface area contributed by atoms with Gasteiger partial charge < -0.3 is 10.2 Å². The highest BCUT2D eigenvalue weighted by Crippen LogP contribution is 2.27. The van der Waals surface area contributed by atoms with Crippen molar-refractivity contribution in [2.75, 3.05) is 18.4 Å². The van der Waals surface area contributed by atoms with Crippen LogP contribution in [0.2, 0.25) is 0 Å². The van der Waals surface area contributed by atoms with Crippen LogP contribution in [0.1, 0.15) is 17.9 Å². The van der Waals surface area contributed by atoms with Crippen molar-refractivity contribution in [1.82, 2.24) is 14.5 Å². The van der Waals surface area contributed by atoms with Gasteiger partial charge in [0.05, 0.1) is 4.70 Å². The fourth-order valence-corrected chi connectivity index (χ4v) is 3.54. The third-order valence-electron chi connectivity index (χ3n) is 4.24. The van der Waals surface area contributed by atoms with Gasteiger partial charge in [-0.1, -0.05) is 34.8 Å². The van der Waals surface area contributed by atoms with E-state index in [0.717, 1.165) is 35.4 Å². The van der Waals surface area contributed by atoms with Crippen LogP contribution in [-0.2, 0) is 0 Å². The highest BCUT2D eigenvalue weighted by atomic mass is 32.1. The van der Waals surface area contributed by atoms with E-state index in [1.165, 1.54) is 17.1 Å². The van der Waals surface area contributed by atoms with E-state index >= 15 is 0 Å². The molecular weight excluding hydrogens is 308 g/mol. The SMILES string of the molecule is O=C(Nc1ccc2snnc2c1)N1CCC(c2ccccc2)C1. The molecule has 2 amide bonds. The first-order valence-corrected chi connectivity index (χ1v) is 8.40. The molecule has 1 saturated heterocycles. The summed E-state index contributed by atoms with van der Waals surface area (Å²) in [6.07, 6.45) is 1.01. The van der Waals surface area contributed by atoms with Gasteiger partial charge in [-0.3, -0.25) is 0 Å². The molecule has 5 nitrogen and oxygen atoms in total. The molecule has 0 aliphatic carbocycles. The van der Waals surface area contributed by atoms with Crippen LogP contribution in [0, 0.1) is 0 Å². The smallest absolute Gasteiger partial charge is 0.321 e. The molecule has 1 atom stereocenters. The van der Waals surface area contributed by atoms with Crippen LogP contribution in [-0.4, -0.2) is 33.6 Å². The lowest BCUT2D eigenvalue weighted by atomic mass is 9.99. The first-order valence-electron chi connectivity index (χ1n) is 7.62. The van der Waals surface area contributed by atoms with Crippen molar-refractivity contribution in [3.8, 4) is 0 Å². The zero-order valence-corrected chi connectivity index (χ0v) is 13.3. The van der Waals surface area contributed by atoms with Gasteiger partial charge in [-0.05, 0) is 41.7 Å². The number of hydrogen-bond donors (Lipinski definition) is 1. The lowest BCUT2D eigenvalue weighted by Crippen LogP contribution is -2.32. The third-order valence-corrected chi connectivity index (χ3v) is 4.95. The average molecular weight is 324 g/mol. The molecule has 1 aliphatic heterocycles. The maximum absolute atomic E-state index is 12.4. The molecule has 23 heavy (non-hydrogen) atoms. The van der Waals surface area contributed by atoms with Crippen molar-refractivity contribution in [2.45, 2.75) is 12.3 Å². The first-order chi connectivity index (χ1) is 11.3. The maximum Gasteiger partial charge on any atom is 0.321 e. The molecule has 1 aromatic heterocycles. The average Bonchev–Trinajstić information content (AvgIpc) is 3.24. The number of rotatable bonds is 2. The standard InChI is InChI=1S/C17H16N4OS/c22-17(18-14-6-7-16-15(10-14)19-20-23-16)21-9-8-13(11-21)12-4-2-1-3-5-12/h1-7,10,13H,8-9,11H2,(H,18,22). The number of nitrogens with one attached hydrogen (secondary N) is 1. The summed E-state index contributed by atoms with van der Waals surface area (Å²) in [5.41, 5.74) is 2.88. The Morgan fingerprint density at radius 3 is 2.96 bits per heavy atom. The number of likely N-dealkylation sites (tertiary alicyclic amines) is 1. The predicted octanol–water partition coefficient (Wildman–Crippen LogP) is 3.71. The van der Waals surface area contributed by atoms with E-state index < -0.39 is 0 Å². The second-order valence-electron chi connectivity index (χ2n) is 5.73. The Hall–Kier alpha value is -2.47. The molecule has 2 heterocycles. The van der Waals surface area contributed by atoms with Crippen LogP contribution in [0.5, 0.6) is 0 Å². The van der Waals surface area contributed by atoms with E-state index in [1.54, 1.807) is 0 Å². The molecule has 0 spiro atoms. The minimum atomic E-state index is -0.0500. The number of hydrogen-bond acceptors (Lipinski definition) is 4. The Kier molecular flexibility index (Phi) is 3.67. The van der Waals surface area contributed by atoms with E-state index in [-0.39, 0.29) is 6.03 Å². The van der Waals surface area contributed by atoms with Gasteiger partial charge in [0, 0.05) is 24.7 Å². The zero-order chi connectivity index (χ0) is 15.6. The summed E-state index contributed by atoms with van der Waals surface area (Å²) in [7, 11) is 0. The van der Waals surface area contributed by atoms with Gasteiger partial charge in [0.2, 0.25) is 0 Å². The fourth-order valence-electron chi connectivity index (χ4n) is 3.00. The number of carbonyl (C=O) groups is 1. The van der Waals surface area contributed by atoms with Crippen molar-refractivity contribution >= 4 is 33.5 Å². The summed E-state index contributed by atoms with van der Waals surface area (Å²) in [4.78, 5) is 14.3. The van der Waals surface area contributed by atoms with E-state index in [0.29, 0.717) is 5.92 Å². The second kappa shape index (κ2) is 5.96. The van der Waals surface area contributed by atoms with E-state index in [9.17, 15) is 4.79 Å². The Morgan fingerprint density at radius 2 is 2.09 bits per heavy atom. The minimum absolute atomic E-state index is 0.0500. The highest BCUT2D eigenvalue weighted by molar-refractivity contribution is 7.12. The van der Waals surface area contributed by atoms with Gasteiger partial charge in [0.1, 0.15) is 5.52 Å². The lowest BCUT2D eigenvalue weighted by molar-refractivity contribution is 0.222. The number of benzene rings is 2. The van der Waals surface area contributed by atoms with Crippen LogP contribution >= 0.6 is 11.5 Å². The van der Waals surface area contributed by atoms with Crippen molar-refractivity contribution in [1.29, 1.82) is 0 Å². The fraction of sp³-hybridized carbons (Fsp3) is 0.235. The predicted molar refractivity (Wildman–Crippen MR) is 91.8 cm³/mol. The minimum Gasteiger partial charge on any atom is -0.324 e. The van der Waals surface area contributed by atoms with Gasteiger partial charge in [-0.2, -0.15) is 0 Å². The van der Waals surface area contributed by atoms with Crippen molar-refractivity contribution in [2.24, 2.45) is 0 Å². The van der Waals surface area contributed by atoms with Crippen molar-refractivity contribution < 1.29 is 4.79 Å². The van der Waals surface area contributed by atoms with Crippen LogP contribution < -0.4 is 5.32 Å². The molecule has 0 saturated carbocycles. The number of carbonyl (C=O) groups excluding carboxylic acids is 1. The van der Waals surface area contributed by atoms with Crippen molar-refractivity contribution in [3.63, 3.8) is 0 Å². The van der Waals surface area contributed by atoms with Gasteiger partial charge in [0.15, 0.2) is 0 Å². The zero-order valence-electron chi connectivity index (χ0n) is 12.5. The molecule has 1 N–H and O–H groups in total. The number of urea groups is 1. The van der Waals surface area contributed by atoms with Crippen LogP contribution in [0.25, 0.3) is 10.2 Å². The number of aromatic nitrogens is 2. The largest absolute Gasteiger partial charge is 0.324 e. The molecule has 4 rings (SSSR count). The van der Waals surface area contributed by atoms with E-state index in [4.69, 9.17) is 0 Å². The summed E-state index contributed by atoms with van der Waals surface area (Å²) in [5, 5.41) is 7.00. The Labute approximate surface area is 138 Å². The molecule has 1 aliphatic rings. The van der Waals surface area contributed by atoms with Gasteiger partial charge in [-0.25, -0.2) is 4.79 Å². The number of nitrogens with zero attached hydrogens (tertiary/aromatic N) is 3. The molecule has 3 aromatic rings. The van der Waals surface area contributed by atoms with Gasteiger partial charge in [0.25, 0.3) is 0 Å². The first kappa shape index (κ1) is 14.1. The monoisotopic (exact) mass is 324 g/mol. The van der Waals surface area contributed by atoms with Crippen LogP contribution in [0.3, 0.4) is 0 Å². The molecule has 116 valence electrons. The third kappa shape index (κ3) is 2.90.